The van der Waals surface area contributed by atoms with Gasteiger partial charge in [-0.15, -0.1) is 0 Å². The van der Waals surface area contributed by atoms with Gasteiger partial charge in [-0.25, -0.2) is 4.79 Å². The summed E-state index contributed by atoms with van der Waals surface area (Å²) >= 11 is 12.0. The fourth-order valence-corrected chi connectivity index (χ4v) is 3.53. The van der Waals surface area contributed by atoms with Gasteiger partial charge in [0.1, 0.15) is 5.75 Å². The van der Waals surface area contributed by atoms with Crippen molar-refractivity contribution in [1.82, 2.24) is 0 Å². The number of anilines is 3. The summed E-state index contributed by atoms with van der Waals surface area (Å²) in [5.41, 5.74) is 2.55. The van der Waals surface area contributed by atoms with Crippen molar-refractivity contribution in [1.29, 1.82) is 0 Å². The zero-order valence-electron chi connectivity index (χ0n) is 15.7. The van der Waals surface area contributed by atoms with E-state index >= 15 is 0 Å². The van der Waals surface area contributed by atoms with Crippen molar-refractivity contribution in [3.8, 4) is 5.75 Å². The lowest BCUT2D eigenvalue weighted by atomic mass is 10.1. The van der Waals surface area contributed by atoms with Gasteiger partial charge >= 0.3 is 6.03 Å². The molecule has 1 heterocycles. The smallest absolute Gasteiger partial charge is 0.323 e. The van der Waals surface area contributed by atoms with E-state index in [-0.39, 0.29) is 12.5 Å². The van der Waals surface area contributed by atoms with Crippen LogP contribution in [-0.4, -0.2) is 18.5 Å². The van der Waals surface area contributed by atoms with Gasteiger partial charge in [0.15, 0.2) is 6.61 Å². The highest BCUT2D eigenvalue weighted by Gasteiger charge is 2.26. The predicted molar refractivity (Wildman–Crippen MR) is 119 cm³/mol. The number of urea groups is 1. The van der Waals surface area contributed by atoms with Gasteiger partial charge in [0.25, 0.3) is 5.91 Å². The van der Waals surface area contributed by atoms with Crippen molar-refractivity contribution < 1.29 is 14.3 Å². The number of ether oxygens (including phenoxy) is 1. The molecule has 0 bridgehead atoms. The van der Waals surface area contributed by atoms with Gasteiger partial charge in [-0.1, -0.05) is 41.4 Å². The first-order chi connectivity index (χ1) is 14.5. The minimum Gasteiger partial charge on any atom is -0.482 e. The Morgan fingerprint density at radius 1 is 0.933 bits per heavy atom. The van der Waals surface area contributed by atoms with Crippen molar-refractivity contribution in [3.63, 3.8) is 0 Å². The molecule has 0 atom stereocenters. The van der Waals surface area contributed by atoms with Gasteiger partial charge < -0.3 is 20.3 Å². The van der Waals surface area contributed by atoms with Crippen molar-refractivity contribution in [2.75, 3.05) is 22.1 Å². The third kappa shape index (κ3) is 4.67. The van der Waals surface area contributed by atoms with Gasteiger partial charge in [-0.05, 0) is 54.1 Å². The van der Waals surface area contributed by atoms with E-state index in [0.29, 0.717) is 39.4 Å². The van der Waals surface area contributed by atoms with Crippen molar-refractivity contribution in [3.05, 3.63) is 82.3 Å². The van der Waals surface area contributed by atoms with Crippen molar-refractivity contribution in [2.24, 2.45) is 0 Å². The molecular formula is C22H17Cl2N3O3. The molecule has 3 aromatic carbocycles. The lowest BCUT2D eigenvalue weighted by Crippen LogP contribution is -2.38. The maximum Gasteiger partial charge on any atom is 0.323 e. The molecule has 8 heteroatoms. The van der Waals surface area contributed by atoms with Crippen LogP contribution in [0.25, 0.3) is 0 Å². The standard InChI is InChI=1S/C22H17Cl2N3O3/c23-15-4-1-3-14(9-15)12-27-19-11-18(7-8-20(19)30-13-21(27)28)26-22(29)25-17-6-2-5-16(24)10-17/h1-11H,12-13H2,(H2,25,26,29). The third-order valence-electron chi connectivity index (χ3n) is 4.47. The summed E-state index contributed by atoms with van der Waals surface area (Å²) in [6, 6.07) is 18.9. The first kappa shape index (κ1) is 20.1. The molecule has 0 aromatic heterocycles. The van der Waals surface area contributed by atoms with Crippen LogP contribution in [0, 0.1) is 0 Å². The Bertz CT molecular complexity index is 1120. The van der Waals surface area contributed by atoms with Crippen LogP contribution in [0.2, 0.25) is 10.0 Å². The van der Waals surface area contributed by atoms with Crippen LogP contribution in [0.4, 0.5) is 21.9 Å². The summed E-state index contributed by atoms with van der Waals surface area (Å²) in [7, 11) is 0. The molecule has 152 valence electrons. The van der Waals surface area contributed by atoms with Crippen molar-refractivity contribution >= 4 is 52.2 Å². The van der Waals surface area contributed by atoms with Crippen LogP contribution in [0.15, 0.2) is 66.7 Å². The number of hydrogen-bond acceptors (Lipinski definition) is 3. The Hall–Kier alpha value is -3.22. The Kier molecular flexibility index (Phi) is 5.79. The molecule has 6 nitrogen and oxygen atoms in total. The number of hydrogen-bond donors (Lipinski definition) is 2. The van der Waals surface area contributed by atoms with Crippen LogP contribution < -0.4 is 20.3 Å². The Morgan fingerprint density at radius 2 is 1.63 bits per heavy atom. The molecule has 0 spiro atoms. The summed E-state index contributed by atoms with van der Waals surface area (Å²) in [5.74, 6) is 0.389. The molecular weight excluding hydrogens is 425 g/mol. The topological polar surface area (TPSA) is 70.7 Å². The maximum atomic E-state index is 12.5. The molecule has 3 aromatic rings. The third-order valence-corrected chi connectivity index (χ3v) is 4.94. The zero-order chi connectivity index (χ0) is 21.1. The Morgan fingerprint density at radius 3 is 2.37 bits per heavy atom. The second kappa shape index (κ2) is 8.65. The van der Waals surface area contributed by atoms with E-state index in [4.69, 9.17) is 27.9 Å². The molecule has 2 N–H and O–H groups in total. The molecule has 0 saturated heterocycles. The first-order valence-electron chi connectivity index (χ1n) is 9.13. The molecule has 0 saturated carbocycles. The number of rotatable bonds is 4. The van der Waals surface area contributed by atoms with Crippen LogP contribution in [0.3, 0.4) is 0 Å². The van der Waals surface area contributed by atoms with Crippen LogP contribution in [-0.2, 0) is 11.3 Å². The average Bonchev–Trinajstić information content (AvgIpc) is 2.70. The fraction of sp³-hybridized carbons (Fsp3) is 0.0909. The SMILES string of the molecule is O=C(Nc1cccc(Cl)c1)Nc1ccc2c(c1)N(Cc1cccc(Cl)c1)C(=O)CO2. The Balaban J connectivity index is 1.54. The number of amides is 3. The average molecular weight is 442 g/mol. The lowest BCUT2D eigenvalue weighted by Gasteiger charge is -2.30. The first-order valence-corrected chi connectivity index (χ1v) is 9.89. The Labute approximate surface area is 183 Å². The number of nitrogens with zero attached hydrogens (tertiary/aromatic N) is 1. The molecule has 3 amide bonds. The van der Waals surface area contributed by atoms with Gasteiger partial charge in [0.2, 0.25) is 0 Å². The fourth-order valence-electron chi connectivity index (χ4n) is 3.13. The highest BCUT2D eigenvalue weighted by Crippen LogP contribution is 2.35. The quantitative estimate of drug-likeness (QED) is 0.556. The second-order valence-electron chi connectivity index (χ2n) is 6.67. The number of halogens is 2. The van der Waals surface area contributed by atoms with Gasteiger partial charge in [0.05, 0.1) is 12.2 Å². The highest BCUT2D eigenvalue weighted by atomic mass is 35.5. The van der Waals surface area contributed by atoms with E-state index in [9.17, 15) is 9.59 Å². The number of nitrogens with one attached hydrogen (secondary N) is 2. The lowest BCUT2D eigenvalue weighted by molar-refractivity contribution is -0.121. The van der Waals surface area contributed by atoms with E-state index < -0.39 is 6.03 Å². The van der Waals surface area contributed by atoms with E-state index in [1.807, 2.05) is 18.2 Å². The summed E-state index contributed by atoms with van der Waals surface area (Å²) in [5, 5.41) is 6.60. The van der Waals surface area contributed by atoms with E-state index in [1.165, 1.54) is 0 Å². The number of fused-ring (bicyclic) bond motifs is 1. The van der Waals surface area contributed by atoms with Gasteiger partial charge in [-0.3, -0.25) is 4.79 Å². The summed E-state index contributed by atoms with van der Waals surface area (Å²) in [4.78, 5) is 26.5. The molecule has 30 heavy (non-hydrogen) atoms. The largest absolute Gasteiger partial charge is 0.482 e. The maximum absolute atomic E-state index is 12.5. The summed E-state index contributed by atoms with van der Waals surface area (Å²) < 4.78 is 5.54. The normalized spacial score (nSPS) is 12.7. The molecule has 0 radical (unpaired) electrons. The number of benzene rings is 3. The molecule has 4 rings (SSSR count). The monoisotopic (exact) mass is 441 g/mol. The molecule has 0 unspecified atom stereocenters. The van der Waals surface area contributed by atoms with Crippen molar-refractivity contribution in [2.45, 2.75) is 6.54 Å². The molecule has 0 aliphatic carbocycles. The van der Waals surface area contributed by atoms with E-state index in [1.54, 1.807) is 53.4 Å². The van der Waals surface area contributed by atoms with Crippen LogP contribution in [0.5, 0.6) is 5.75 Å². The highest BCUT2D eigenvalue weighted by molar-refractivity contribution is 6.31. The minimum atomic E-state index is -0.429. The van der Waals surface area contributed by atoms with Gasteiger partial charge in [-0.2, -0.15) is 0 Å². The van der Waals surface area contributed by atoms with Gasteiger partial charge in [0, 0.05) is 21.4 Å². The van der Waals surface area contributed by atoms with Crippen LogP contribution in [0.1, 0.15) is 5.56 Å². The van der Waals surface area contributed by atoms with E-state index in [0.717, 1.165) is 5.56 Å². The molecule has 1 aliphatic rings. The molecule has 1 aliphatic heterocycles. The van der Waals surface area contributed by atoms with E-state index in [2.05, 4.69) is 10.6 Å². The number of carbonyl (C=O) groups excluding carboxylic acids is 2. The minimum absolute atomic E-state index is 0.0460. The second-order valence-corrected chi connectivity index (χ2v) is 7.54. The predicted octanol–water partition coefficient (Wildman–Crippen LogP) is 5.56. The number of carbonyl (C=O) groups is 2. The molecule has 0 fully saturated rings. The zero-order valence-corrected chi connectivity index (χ0v) is 17.2. The summed E-state index contributed by atoms with van der Waals surface area (Å²) in [6.07, 6.45) is 0. The van der Waals surface area contributed by atoms with Crippen LogP contribution >= 0.6 is 23.2 Å². The summed E-state index contributed by atoms with van der Waals surface area (Å²) in [6.45, 7) is 0.295.